The largest absolute Gasteiger partial charge is 0.481 e. The van der Waals surface area contributed by atoms with E-state index in [9.17, 15) is 9.59 Å². The van der Waals surface area contributed by atoms with Crippen LogP contribution in [0.3, 0.4) is 0 Å². The number of hydrogen-bond donors (Lipinski definition) is 2. The average molecular weight is 211 g/mol. The summed E-state index contributed by atoms with van der Waals surface area (Å²) in [4.78, 5) is 21.5. The SMILES string of the molecule is CC(C(=O)O)C(C)n1cc(C(N)=O)cn1. The van der Waals surface area contributed by atoms with E-state index in [0.29, 0.717) is 0 Å². The maximum absolute atomic E-state index is 10.8. The number of nitrogens with zero attached hydrogens (tertiary/aromatic N) is 2. The summed E-state index contributed by atoms with van der Waals surface area (Å²) in [6.45, 7) is 3.30. The first-order chi connectivity index (χ1) is 6.93. The van der Waals surface area contributed by atoms with E-state index in [1.807, 2.05) is 0 Å². The van der Waals surface area contributed by atoms with Crippen LogP contribution in [0, 0.1) is 5.92 Å². The van der Waals surface area contributed by atoms with Crippen molar-refractivity contribution in [2.24, 2.45) is 11.7 Å². The van der Waals surface area contributed by atoms with Gasteiger partial charge in [-0.25, -0.2) is 0 Å². The van der Waals surface area contributed by atoms with Crippen molar-refractivity contribution in [1.29, 1.82) is 0 Å². The number of carbonyl (C=O) groups excluding carboxylic acids is 1. The molecule has 3 N–H and O–H groups in total. The number of nitrogens with two attached hydrogens (primary N) is 1. The molecule has 0 bridgehead atoms. The molecule has 1 aromatic heterocycles. The van der Waals surface area contributed by atoms with Crippen molar-refractivity contribution in [2.75, 3.05) is 0 Å². The van der Waals surface area contributed by atoms with Crippen molar-refractivity contribution in [3.8, 4) is 0 Å². The maximum Gasteiger partial charge on any atom is 0.308 e. The minimum absolute atomic E-state index is 0.277. The number of aromatic nitrogens is 2. The summed E-state index contributed by atoms with van der Waals surface area (Å²) in [6, 6.07) is -0.324. The smallest absolute Gasteiger partial charge is 0.308 e. The van der Waals surface area contributed by atoms with E-state index in [0.717, 1.165) is 0 Å². The highest BCUT2D eigenvalue weighted by Crippen LogP contribution is 2.16. The molecule has 0 spiro atoms. The van der Waals surface area contributed by atoms with Crippen LogP contribution in [0.15, 0.2) is 12.4 Å². The minimum atomic E-state index is -0.904. The van der Waals surface area contributed by atoms with Gasteiger partial charge in [-0.05, 0) is 13.8 Å². The first-order valence-corrected chi connectivity index (χ1v) is 4.50. The number of hydrogen-bond acceptors (Lipinski definition) is 3. The van der Waals surface area contributed by atoms with Crippen LogP contribution in [-0.4, -0.2) is 26.8 Å². The molecule has 0 radical (unpaired) electrons. The summed E-state index contributed by atoms with van der Waals surface area (Å²) in [6.07, 6.45) is 2.78. The zero-order chi connectivity index (χ0) is 11.6. The lowest BCUT2D eigenvalue weighted by atomic mass is 10.0. The monoisotopic (exact) mass is 211 g/mol. The van der Waals surface area contributed by atoms with Crippen molar-refractivity contribution < 1.29 is 14.7 Å². The van der Waals surface area contributed by atoms with Gasteiger partial charge in [0.05, 0.1) is 23.7 Å². The van der Waals surface area contributed by atoms with Gasteiger partial charge < -0.3 is 10.8 Å². The van der Waals surface area contributed by atoms with E-state index in [2.05, 4.69) is 5.10 Å². The Kier molecular flexibility index (Phi) is 3.08. The number of primary amides is 1. The van der Waals surface area contributed by atoms with Gasteiger partial charge in [-0.3, -0.25) is 14.3 Å². The highest BCUT2D eigenvalue weighted by Gasteiger charge is 2.21. The Hall–Kier alpha value is -1.85. The third kappa shape index (κ3) is 2.34. The van der Waals surface area contributed by atoms with Crippen molar-refractivity contribution in [1.82, 2.24) is 9.78 Å². The fourth-order valence-corrected chi connectivity index (χ4v) is 1.12. The fourth-order valence-electron chi connectivity index (χ4n) is 1.12. The van der Waals surface area contributed by atoms with Crippen molar-refractivity contribution in [3.63, 3.8) is 0 Å². The zero-order valence-corrected chi connectivity index (χ0v) is 8.54. The van der Waals surface area contributed by atoms with Crippen LogP contribution < -0.4 is 5.73 Å². The van der Waals surface area contributed by atoms with Gasteiger partial charge in [0.15, 0.2) is 0 Å². The molecule has 0 aliphatic heterocycles. The number of amides is 1. The Morgan fingerprint density at radius 1 is 1.53 bits per heavy atom. The van der Waals surface area contributed by atoms with Crippen LogP contribution in [0.4, 0.5) is 0 Å². The average Bonchev–Trinajstić information content (AvgIpc) is 2.64. The number of carboxylic acid groups (broad SMARTS) is 1. The fraction of sp³-hybridized carbons (Fsp3) is 0.444. The lowest BCUT2D eigenvalue weighted by Crippen LogP contribution is -2.22. The van der Waals surface area contributed by atoms with E-state index >= 15 is 0 Å². The number of aliphatic carboxylic acids is 1. The van der Waals surface area contributed by atoms with Crippen molar-refractivity contribution >= 4 is 11.9 Å². The molecule has 82 valence electrons. The molecular formula is C9H13N3O3. The summed E-state index contributed by atoms with van der Waals surface area (Å²) < 4.78 is 1.43. The number of rotatable bonds is 4. The summed E-state index contributed by atoms with van der Waals surface area (Å²) >= 11 is 0. The van der Waals surface area contributed by atoms with Crippen LogP contribution in [0.25, 0.3) is 0 Å². The highest BCUT2D eigenvalue weighted by atomic mass is 16.4. The van der Waals surface area contributed by atoms with Crippen LogP contribution in [0.2, 0.25) is 0 Å². The topological polar surface area (TPSA) is 98.2 Å². The Balaban J connectivity index is 2.87. The molecule has 6 nitrogen and oxygen atoms in total. The predicted octanol–water partition coefficient (Wildman–Crippen LogP) is 0.264. The van der Waals surface area contributed by atoms with E-state index in [1.54, 1.807) is 13.8 Å². The molecule has 15 heavy (non-hydrogen) atoms. The van der Waals surface area contributed by atoms with Gasteiger partial charge in [-0.2, -0.15) is 5.10 Å². The minimum Gasteiger partial charge on any atom is -0.481 e. The van der Waals surface area contributed by atoms with E-state index < -0.39 is 17.8 Å². The Labute approximate surface area is 86.7 Å². The molecule has 2 atom stereocenters. The van der Waals surface area contributed by atoms with Gasteiger partial charge in [-0.15, -0.1) is 0 Å². The molecule has 0 saturated heterocycles. The van der Waals surface area contributed by atoms with Crippen LogP contribution in [0.1, 0.15) is 30.2 Å². The molecule has 0 fully saturated rings. The van der Waals surface area contributed by atoms with Crippen LogP contribution in [-0.2, 0) is 4.79 Å². The third-order valence-electron chi connectivity index (χ3n) is 2.42. The highest BCUT2D eigenvalue weighted by molar-refractivity contribution is 5.92. The Morgan fingerprint density at radius 2 is 2.13 bits per heavy atom. The van der Waals surface area contributed by atoms with Gasteiger partial charge in [0.1, 0.15) is 0 Å². The third-order valence-corrected chi connectivity index (χ3v) is 2.42. The summed E-state index contributed by atoms with van der Waals surface area (Å²) in [5.41, 5.74) is 5.33. The number of carbonyl (C=O) groups is 2. The van der Waals surface area contributed by atoms with Gasteiger partial charge in [0.25, 0.3) is 5.91 Å². The molecule has 1 amide bonds. The summed E-state index contributed by atoms with van der Waals surface area (Å²) in [5, 5.41) is 12.7. The molecule has 0 aliphatic carbocycles. The first kappa shape index (κ1) is 11.2. The second-order valence-corrected chi connectivity index (χ2v) is 3.44. The Morgan fingerprint density at radius 3 is 2.53 bits per heavy atom. The lowest BCUT2D eigenvalue weighted by molar-refractivity contribution is -0.142. The molecule has 0 saturated carbocycles. The number of carboxylic acids is 1. The molecule has 0 aromatic carbocycles. The van der Waals surface area contributed by atoms with E-state index in [4.69, 9.17) is 10.8 Å². The normalized spacial score (nSPS) is 14.5. The summed E-state index contributed by atoms with van der Waals surface area (Å²) in [7, 11) is 0. The van der Waals surface area contributed by atoms with Crippen LogP contribution >= 0.6 is 0 Å². The predicted molar refractivity (Wildman–Crippen MR) is 52.3 cm³/mol. The molecule has 1 heterocycles. The maximum atomic E-state index is 10.8. The van der Waals surface area contributed by atoms with Gasteiger partial charge in [0, 0.05) is 6.20 Å². The van der Waals surface area contributed by atoms with Gasteiger partial charge >= 0.3 is 5.97 Å². The molecule has 2 unspecified atom stereocenters. The van der Waals surface area contributed by atoms with Gasteiger partial charge in [0.2, 0.25) is 0 Å². The first-order valence-electron chi connectivity index (χ1n) is 4.50. The molecule has 0 aliphatic rings. The quantitative estimate of drug-likeness (QED) is 0.746. The Bertz CT molecular complexity index is 386. The lowest BCUT2D eigenvalue weighted by Gasteiger charge is -2.15. The van der Waals surface area contributed by atoms with Crippen molar-refractivity contribution in [3.05, 3.63) is 18.0 Å². The molecule has 6 heteroatoms. The second-order valence-electron chi connectivity index (χ2n) is 3.44. The second kappa shape index (κ2) is 4.12. The van der Waals surface area contributed by atoms with Gasteiger partial charge in [-0.1, -0.05) is 0 Å². The van der Waals surface area contributed by atoms with E-state index in [-0.39, 0.29) is 11.6 Å². The van der Waals surface area contributed by atoms with Crippen molar-refractivity contribution in [2.45, 2.75) is 19.9 Å². The molecular weight excluding hydrogens is 198 g/mol. The summed E-state index contributed by atoms with van der Waals surface area (Å²) in [5.74, 6) is -2.05. The molecule has 1 rings (SSSR count). The van der Waals surface area contributed by atoms with Crippen LogP contribution in [0.5, 0.6) is 0 Å². The van der Waals surface area contributed by atoms with E-state index in [1.165, 1.54) is 17.1 Å². The standard InChI is InChI=1S/C9H13N3O3/c1-5(9(14)15)6(2)12-4-7(3-11-12)8(10)13/h3-6H,1-2H3,(H2,10,13)(H,14,15). The molecule has 1 aromatic rings. The zero-order valence-electron chi connectivity index (χ0n) is 8.54.